The quantitative estimate of drug-likeness (QED) is 0.482. The van der Waals surface area contributed by atoms with Crippen LogP contribution >= 0.6 is 0 Å². The molecule has 1 saturated heterocycles. The predicted molar refractivity (Wildman–Crippen MR) is 112 cm³/mol. The summed E-state index contributed by atoms with van der Waals surface area (Å²) in [6.07, 6.45) is 4.87. The summed E-state index contributed by atoms with van der Waals surface area (Å²) in [6, 6.07) is 12.3. The molecule has 0 aliphatic carbocycles. The number of hydrogen-bond acceptors (Lipinski definition) is 4. The van der Waals surface area contributed by atoms with Crippen LogP contribution in [-0.2, 0) is 13.1 Å². The van der Waals surface area contributed by atoms with Crippen molar-refractivity contribution in [2.75, 3.05) is 26.2 Å². The van der Waals surface area contributed by atoms with Gasteiger partial charge >= 0.3 is 0 Å². The number of aliphatic hydroxyl groups excluding tert-OH is 1. The van der Waals surface area contributed by atoms with Crippen molar-refractivity contribution in [1.82, 2.24) is 15.5 Å². The topological polar surface area (TPSA) is 73.0 Å². The van der Waals surface area contributed by atoms with Crippen molar-refractivity contribution in [2.45, 2.75) is 45.4 Å². The molecule has 1 aliphatic heterocycles. The van der Waals surface area contributed by atoms with E-state index in [2.05, 4.69) is 44.8 Å². The Balaban J connectivity index is 1.50. The van der Waals surface area contributed by atoms with Crippen molar-refractivity contribution in [3.8, 4) is 0 Å². The first-order valence-corrected chi connectivity index (χ1v) is 10.3. The second-order valence-corrected chi connectivity index (χ2v) is 7.26. The molecule has 1 atom stereocenters. The SMILES string of the molecule is CCNC(=NCc1ccc(CN2CCCCC2)cc1)NCC(O)c1ccco1. The zero-order chi connectivity index (χ0) is 19.6. The maximum atomic E-state index is 10.1. The highest BCUT2D eigenvalue weighted by atomic mass is 16.4. The Morgan fingerprint density at radius 2 is 1.86 bits per heavy atom. The predicted octanol–water partition coefficient (Wildman–Crippen LogP) is 3.05. The van der Waals surface area contributed by atoms with Gasteiger partial charge in [-0.05, 0) is 56.1 Å². The molecule has 3 N–H and O–H groups in total. The van der Waals surface area contributed by atoms with E-state index >= 15 is 0 Å². The molecular formula is C22H32N4O2. The minimum Gasteiger partial charge on any atom is -0.467 e. The fourth-order valence-corrected chi connectivity index (χ4v) is 3.41. The van der Waals surface area contributed by atoms with E-state index in [-0.39, 0.29) is 0 Å². The van der Waals surface area contributed by atoms with Crippen LogP contribution in [0.3, 0.4) is 0 Å². The molecule has 0 amide bonds. The van der Waals surface area contributed by atoms with Gasteiger partial charge in [-0.1, -0.05) is 30.7 Å². The van der Waals surface area contributed by atoms with Crippen molar-refractivity contribution >= 4 is 5.96 Å². The van der Waals surface area contributed by atoms with Gasteiger partial charge in [0.25, 0.3) is 0 Å². The summed E-state index contributed by atoms with van der Waals surface area (Å²) in [4.78, 5) is 7.16. The highest BCUT2D eigenvalue weighted by Crippen LogP contribution is 2.14. The molecule has 1 aromatic heterocycles. The van der Waals surface area contributed by atoms with Crippen LogP contribution in [0.15, 0.2) is 52.1 Å². The molecule has 0 bridgehead atoms. The highest BCUT2D eigenvalue weighted by Gasteiger charge is 2.11. The molecular weight excluding hydrogens is 352 g/mol. The van der Waals surface area contributed by atoms with Crippen LogP contribution in [0.1, 0.15) is 49.2 Å². The van der Waals surface area contributed by atoms with Crippen LogP contribution in [0, 0.1) is 0 Å². The van der Waals surface area contributed by atoms with Gasteiger partial charge in [0.15, 0.2) is 5.96 Å². The number of likely N-dealkylation sites (tertiary alicyclic amines) is 1. The van der Waals surface area contributed by atoms with Gasteiger partial charge in [-0.25, -0.2) is 4.99 Å². The van der Waals surface area contributed by atoms with Crippen LogP contribution < -0.4 is 10.6 Å². The van der Waals surface area contributed by atoms with Crippen LogP contribution in [0.4, 0.5) is 0 Å². The number of rotatable bonds is 8. The molecule has 1 aliphatic rings. The molecule has 152 valence electrons. The molecule has 1 fully saturated rings. The van der Waals surface area contributed by atoms with Gasteiger partial charge < -0.3 is 20.2 Å². The second-order valence-electron chi connectivity index (χ2n) is 7.26. The summed E-state index contributed by atoms with van der Waals surface area (Å²) in [5, 5.41) is 16.5. The monoisotopic (exact) mass is 384 g/mol. The molecule has 1 aromatic carbocycles. The van der Waals surface area contributed by atoms with Gasteiger partial charge in [-0.15, -0.1) is 0 Å². The van der Waals surface area contributed by atoms with Gasteiger partial charge in [0.2, 0.25) is 0 Å². The molecule has 3 rings (SSSR count). The first kappa shape index (κ1) is 20.4. The number of aliphatic hydroxyl groups is 1. The second kappa shape index (κ2) is 10.9. The van der Waals surface area contributed by atoms with Crippen LogP contribution in [0.5, 0.6) is 0 Å². The van der Waals surface area contributed by atoms with E-state index in [1.54, 1.807) is 18.4 Å². The number of nitrogens with zero attached hydrogens (tertiary/aromatic N) is 2. The number of aliphatic imine (C=N–C) groups is 1. The fraction of sp³-hybridized carbons (Fsp3) is 0.500. The Morgan fingerprint density at radius 3 is 2.54 bits per heavy atom. The van der Waals surface area contributed by atoms with E-state index in [0.717, 1.165) is 13.1 Å². The van der Waals surface area contributed by atoms with E-state index in [1.165, 1.54) is 43.5 Å². The third-order valence-corrected chi connectivity index (χ3v) is 4.98. The average Bonchev–Trinajstić information content (AvgIpc) is 3.27. The summed E-state index contributed by atoms with van der Waals surface area (Å²) >= 11 is 0. The lowest BCUT2D eigenvalue weighted by Gasteiger charge is -2.26. The Hall–Kier alpha value is -2.31. The van der Waals surface area contributed by atoms with Gasteiger partial charge in [-0.2, -0.15) is 0 Å². The van der Waals surface area contributed by atoms with Gasteiger partial charge in [0, 0.05) is 13.1 Å². The lowest BCUT2D eigenvalue weighted by atomic mass is 10.1. The van der Waals surface area contributed by atoms with Crippen molar-refractivity contribution < 1.29 is 9.52 Å². The highest BCUT2D eigenvalue weighted by molar-refractivity contribution is 5.79. The Kier molecular flexibility index (Phi) is 7.94. The van der Waals surface area contributed by atoms with Crippen molar-refractivity contribution in [3.05, 3.63) is 59.5 Å². The number of hydrogen-bond donors (Lipinski definition) is 3. The van der Waals surface area contributed by atoms with Crippen molar-refractivity contribution in [2.24, 2.45) is 4.99 Å². The van der Waals surface area contributed by atoms with Gasteiger partial charge in [0.1, 0.15) is 11.9 Å². The van der Waals surface area contributed by atoms with Gasteiger partial charge in [0.05, 0.1) is 19.4 Å². The maximum absolute atomic E-state index is 10.1. The largest absolute Gasteiger partial charge is 0.467 e. The van der Waals surface area contributed by atoms with E-state index in [4.69, 9.17) is 4.42 Å². The first-order chi connectivity index (χ1) is 13.7. The molecule has 6 heteroatoms. The van der Waals surface area contributed by atoms with E-state index in [1.807, 2.05) is 6.92 Å². The van der Waals surface area contributed by atoms with Crippen LogP contribution in [-0.4, -0.2) is 42.1 Å². The van der Waals surface area contributed by atoms with Crippen LogP contribution in [0.2, 0.25) is 0 Å². The zero-order valence-electron chi connectivity index (χ0n) is 16.7. The molecule has 0 spiro atoms. The molecule has 0 radical (unpaired) electrons. The minimum absolute atomic E-state index is 0.341. The van der Waals surface area contributed by atoms with E-state index in [9.17, 15) is 5.11 Å². The third kappa shape index (κ3) is 6.39. The van der Waals surface area contributed by atoms with Gasteiger partial charge in [-0.3, -0.25) is 4.90 Å². The average molecular weight is 385 g/mol. The molecule has 0 saturated carbocycles. The standard InChI is InChI=1S/C22H32N4O2/c1-2-23-22(25-16-20(27)21-7-6-14-28-21)24-15-18-8-10-19(11-9-18)17-26-12-4-3-5-13-26/h6-11,14,20,27H,2-5,12-13,15-17H2,1H3,(H2,23,24,25). The van der Waals surface area contributed by atoms with E-state index in [0.29, 0.717) is 24.8 Å². The number of guanidine groups is 1. The minimum atomic E-state index is -0.701. The first-order valence-electron chi connectivity index (χ1n) is 10.3. The summed E-state index contributed by atoms with van der Waals surface area (Å²) in [5.74, 6) is 1.23. The summed E-state index contributed by atoms with van der Waals surface area (Å²) < 4.78 is 5.23. The molecule has 1 unspecified atom stereocenters. The van der Waals surface area contributed by atoms with Crippen molar-refractivity contribution in [3.63, 3.8) is 0 Å². The third-order valence-electron chi connectivity index (χ3n) is 4.98. The number of benzene rings is 1. The molecule has 6 nitrogen and oxygen atoms in total. The van der Waals surface area contributed by atoms with Crippen LogP contribution in [0.25, 0.3) is 0 Å². The molecule has 28 heavy (non-hydrogen) atoms. The summed E-state index contributed by atoms with van der Waals surface area (Å²) in [6.45, 7) is 7.19. The summed E-state index contributed by atoms with van der Waals surface area (Å²) in [5.41, 5.74) is 2.53. The number of piperidine rings is 1. The number of furan rings is 1. The Labute approximate surface area is 167 Å². The summed E-state index contributed by atoms with van der Waals surface area (Å²) in [7, 11) is 0. The lowest BCUT2D eigenvalue weighted by Crippen LogP contribution is -2.39. The lowest BCUT2D eigenvalue weighted by molar-refractivity contribution is 0.153. The smallest absolute Gasteiger partial charge is 0.191 e. The number of nitrogens with one attached hydrogen (secondary N) is 2. The fourth-order valence-electron chi connectivity index (χ4n) is 3.41. The van der Waals surface area contributed by atoms with Crippen molar-refractivity contribution in [1.29, 1.82) is 0 Å². The Morgan fingerprint density at radius 1 is 1.11 bits per heavy atom. The molecule has 2 heterocycles. The van der Waals surface area contributed by atoms with E-state index < -0.39 is 6.10 Å². The Bertz CT molecular complexity index is 707. The zero-order valence-corrected chi connectivity index (χ0v) is 16.7. The molecule has 2 aromatic rings. The maximum Gasteiger partial charge on any atom is 0.191 e. The normalized spacial score (nSPS) is 16.7.